The van der Waals surface area contributed by atoms with Gasteiger partial charge in [0, 0.05) is 15.1 Å². The lowest BCUT2D eigenvalue weighted by atomic mass is 10.1. The molecule has 0 aliphatic carbocycles. The Morgan fingerprint density at radius 1 is 1.08 bits per heavy atom. The summed E-state index contributed by atoms with van der Waals surface area (Å²) in [4.78, 5) is 5.94. The van der Waals surface area contributed by atoms with Crippen molar-refractivity contribution in [3.05, 3.63) is 63.4 Å². The van der Waals surface area contributed by atoms with Crippen LogP contribution in [0.1, 0.15) is 10.6 Å². The van der Waals surface area contributed by atoms with Crippen molar-refractivity contribution in [1.82, 2.24) is 4.98 Å². The minimum absolute atomic E-state index is 0.451. The third kappa shape index (κ3) is 3.43. The van der Waals surface area contributed by atoms with E-state index in [1.807, 2.05) is 36.4 Å². The molecule has 0 amide bonds. The molecule has 0 fully saturated rings. The summed E-state index contributed by atoms with van der Waals surface area (Å²) < 4.78 is 12.2. The maximum Gasteiger partial charge on any atom is 0.140 e. The normalized spacial score (nSPS) is 11.0. The molecule has 0 bridgehead atoms. The SMILES string of the molecule is COc1ccc(OCc2nc(-c3sc4ccc(Cl)cc4c3C)cs2)cc1. The van der Waals surface area contributed by atoms with Crippen LogP contribution in [0.2, 0.25) is 5.02 Å². The van der Waals surface area contributed by atoms with E-state index in [-0.39, 0.29) is 0 Å². The molecular weight excluding hydrogens is 386 g/mol. The molecule has 0 radical (unpaired) electrons. The molecule has 3 nitrogen and oxygen atoms in total. The molecule has 132 valence electrons. The van der Waals surface area contributed by atoms with Gasteiger partial charge in [0.05, 0.1) is 17.7 Å². The van der Waals surface area contributed by atoms with E-state index in [4.69, 9.17) is 26.1 Å². The maximum absolute atomic E-state index is 6.14. The molecule has 2 aromatic carbocycles. The van der Waals surface area contributed by atoms with E-state index in [2.05, 4.69) is 18.4 Å². The van der Waals surface area contributed by atoms with Gasteiger partial charge in [0.1, 0.15) is 23.1 Å². The molecule has 2 aromatic heterocycles. The second-order valence-corrected chi connectivity index (χ2v) is 8.22. The summed E-state index contributed by atoms with van der Waals surface area (Å²) in [5.74, 6) is 1.62. The molecule has 0 saturated carbocycles. The lowest BCUT2D eigenvalue weighted by Crippen LogP contribution is -1.94. The fourth-order valence-corrected chi connectivity index (χ4v) is 4.83. The molecule has 0 aliphatic rings. The largest absolute Gasteiger partial charge is 0.497 e. The molecule has 0 spiro atoms. The summed E-state index contributed by atoms with van der Waals surface area (Å²) in [5, 5.41) is 5.00. The third-order valence-electron chi connectivity index (χ3n) is 4.10. The van der Waals surface area contributed by atoms with Gasteiger partial charge in [0.2, 0.25) is 0 Å². The van der Waals surface area contributed by atoms with Gasteiger partial charge in [-0.25, -0.2) is 4.98 Å². The highest BCUT2D eigenvalue weighted by molar-refractivity contribution is 7.22. The number of methoxy groups -OCH3 is 1. The predicted octanol–water partition coefficient (Wildman–Crippen LogP) is 6.57. The zero-order chi connectivity index (χ0) is 18.1. The van der Waals surface area contributed by atoms with Crippen molar-refractivity contribution >= 4 is 44.4 Å². The van der Waals surface area contributed by atoms with Crippen molar-refractivity contribution in [2.75, 3.05) is 7.11 Å². The van der Waals surface area contributed by atoms with E-state index in [1.54, 1.807) is 29.8 Å². The van der Waals surface area contributed by atoms with Crippen molar-refractivity contribution in [3.8, 4) is 22.1 Å². The van der Waals surface area contributed by atoms with Crippen LogP contribution in [0.15, 0.2) is 47.8 Å². The lowest BCUT2D eigenvalue weighted by molar-refractivity contribution is 0.305. The van der Waals surface area contributed by atoms with Crippen molar-refractivity contribution < 1.29 is 9.47 Å². The molecule has 0 aliphatic heterocycles. The topological polar surface area (TPSA) is 31.4 Å². The van der Waals surface area contributed by atoms with Crippen LogP contribution in [0.3, 0.4) is 0 Å². The first kappa shape index (κ1) is 17.3. The van der Waals surface area contributed by atoms with Crippen LogP contribution in [-0.2, 0) is 6.61 Å². The van der Waals surface area contributed by atoms with Gasteiger partial charge in [-0.05, 0) is 60.3 Å². The van der Waals surface area contributed by atoms with Crippen LogP contribution in [0.5, 0.6) is 11.5 Å². The highest BCUT2D eigenvalue weighted by Gasteiger charge is 2.14. The molecule has 4 rings (SSSR count). The molecule has 0 atom stereocenters. The summed E-state index contributed by atoms with van der Waals surface area (Å²) in [6.45, 7) is 2.57. The number of benzene rings is 2. The highest BCUT2D eigenvalue weighted by atomic mass is 35.5. The molecule has 0 unspecified atom stereocenters. The van der Waals surface area contributed by atoms with E-state index < -0.39 is 0 Å². The Labute approximate surface area is 164 Å². The highest BCUT2D eigenvalue weighted by Crippen LogP contribution is 2.39. The predicted molar refractivity (Wildman–Crippen MR) is 110 cm³/mol. The standard InChI is InChI=1S/C20H16ClNO2S2/c1-12-16-9-13(21)3-8-18(16)26-20(12)17-11-25-19(22-17)10-24-15-6-4-14(23-2)5-7-15/h3-9,11H,10H2,1-2H3. The van der Waals surface area contributed by atoms with E-state index in [0.717, 1.165) is 27.2 Å². The minimum Gasteiger partial charge on any atom is -0.497 e. The number of ether oxygens (including phenoxy) is 2. The number of hydrogen-bond acceptors (Lipinski definition) is 5. The summed E-state index contributed by atoms with van der Waals surface area (Å²) >= 11 is 9.50. The van der Waals surface area contributed by atoms with Crippen molar-refractivity contribution in [2.24, 2.45) is 0 Å². The zero-order valence-corrected chi connectivity index (χ0v) is 16.7. The number of thiazole rings is 1. The summed E-state index contributed by atoms with van der Waals surface area (Å²) in [7, 11) is 1.65. The lowest BCUT2D eigenvalue weighted by Gasteiger charge is -2.05. The van der Waals surface area contributed by atoms with E-state index in [1.165, 1.54) is 20.5 Å². The second-order valence-electron chi connectivity index (χ2n) is 5.79. The number of nitrogens with zero attached hydrogens (tertiary/aromatic N) is 1. The molecule has 0 N–H and O–H groups in total. The average Bonchev–Trinajstić information content (AvgIpc) is 3.25. The Kier molecular flexibility index (Phi) is 4.85. The van der Waals surface area contributed by atoms with Crippen LogP contribution in [0.25, 0.3) is 20.7 Å². The number of hydrogen-bond donors (Lipinski definition) is 0. The van der Waals surface area contributed by atoms with Crippen LogP contribution in [-0.4, -0.2) is 12.1 Å². The van der Waals surface area contributed by atoms with Gasteiger partial charge in [-0.3, -0.25) is 0 Å². The number of aromatic nitrogens is 1. The monoisotopic (exact) mass is 401 g/mol. The Morgan fingerprint density at radius 2 is 1.85 bits per heavy atom. The zero-order valence-electron chi connectivity index (χ0n) is 14.3. The van der Waals surface area contributed by atoms with Gasteiger partial charge < -0.3 is 9.47 Å². The van der Waals surface area contributed by atoms with Crippen LogP contribution >= 0.6 is 34.3 Å². The number of fused-ring (bicyclic) bond motifs is 1. The van der Waals surface area contributed by atoms with Crippen molar-refractivity contribution in [2.45, 2.75) is 13.5 Å². The van der Waals surface area contributed by atoms with E-state index in [9.17, 15) is 0 Å². The molecule has 2 heterocycles. The Hall–Kier alpha value is -2.08. The van der Waals surface area contributed by atoms with Gasteiger partial charge in [-0.2, -0.15) is 0 Å². The molecule has 6 heteroatoms. The van der Waals surface area contributed by atoms with E-state index >= 15 is 0 Å². The number of aryl methyl sites for hydroxylation is 1. The minimum atomic E-state index is 0.451. The first-order valence-corrected chi connectivity index (χ1v) is 10.1. The number of thiophene rings is 1. The fraction of sp³-hybridized carbons (Fsp3) is 0.150. The molecule has 26 heavy (non-hydrogen) atoms. The Balaban J connectivity index is 1.53. The van der Waals surface area contributed by atoms with E-state index in [0.29, 0.717) is 6.61 Å². The van der Waals surface area contributed by atoms with Gasteiger partial charge in [0.15, 0.2) is 0 Å². The Morgan fingerprint density at radius 3 is 2.62 bits per heavy atom. The van der Waals surface area contributed by atoms with Gasteiger partial charge in [-0.15, -0.1) is 22.7 Å². The summed E-state index contributed by atoms with van der Waals surface area (Å²) in [5.41, 5.74) is 2.22. The molecule has 0 saturated heterocycles. The molecule has 4 aromatic rings. The first-order valence-electron chi connectivity index (χ1n) is 8.04. The fourth-order valence-electron chi connectivity index (χ4n) is 2.74. The van der Waals surface area contributed by atoms with Gasteiger partial charge in [-0.1, -0.05) is 11.6 Å². The van der Waals surface area contributed by atoms with Crippen LogP contribution in [0, 0.1) is 6.92 Å². The molecular formula is C20H16ClNO2S2. The van der Waals surface area contributed by atoms with Crippen molar-refractivity contribution in [1.29, 1.82) is 0 Å². The quantitative estimate of drug-likeness (QED) is 0.378. The Bertz CT molecular complexity index is 1050. The number of rotatable bonds is 5. The third-order valence-corrected chi connectivity index (χ3v) is 6.46. The number of halogens is 1. The summed E-state index contributed by atoms with van der Waals surface area (Å²) in [6.07, 6.45) is 0. The van der Waals surface area contributed by atoms with Crippen molar-refractivity contribution in [3.63, 3.8) is 0 Å². The van der Waals surface area contributed by atoms with Crippen LogP contribution in [0.4, 0.5) is 0 Å². The smallest absolute Gasteiger partial charge is 0.140 e. The summed E-state index contributed by atoms with van der Waals surface area (Å²) in [6, 6.07) is 13.6. The second kappa shape index (κ2) is 7.27. The van der Waals surface area contributed by atoms with Crippen LogP contribution < -0.4 is 9.47 Å². The first-order chi connectivity index (χ1) is 12.6. The van der Waals surface area contributed by atoms with Gasteiger partial charge >= 0.3 is 0 Å². The maximum atomic E-state index is 6.14. The van der Waals surface area contributed by atoms with Gasteiger partial charge in [0.25, 0.3) is 0 Å². The average molecular weight is 402 g/mol.